The molecule has 0 saturated carbocycles. The number of para-hydroxylation sites is 2. The van der Waals surface area contributed by atoms with Crippen LogP contribution >= 0.6 is 0 Å². The van der Waals surface area contributed by atoms with Crippen LogP contribution in [0.5, 0.6) is 0 Å². The van der Waals surface area contributed by atoms with Gasteiger partial charge in [-0.3, -0.25) is 9.68 Å². The summed E-state index contributed by atoms with van der Waals surface area (Å²) in [5.74, 6) is 0. The summed E-state index contributed by atoms with van der Waals surface area (Å²) in [5.41, 5.74) is 2.11. The molecule has 142 valence electrons. The summed E-state index contributed by atoms with van der Waals surface area (Å²) in [4.78, 5) is 35.0. The minimum atomic E-state index is -1.03. The maximum atomic E-state index is 11.7. The Hall–Kier alpha value is -4.22. The number of ether oxygens (including phenoxy) is 2. The van der Waals surface area contributed by atoms with Gasteiger partial charge in [-0.25, -0.2) is 9.59 Å². The van der Waals surface area contributed by atoms with Crippen molar-refractivity contribution >= 4 is 34.4 Å². The molecule has 0 fully saturated rings. The molecule has 2 aromatic heterocycles. The summed E-state index contributed by atoms with van der Waals surface area (Å²) in [6, 6.07) is 13.8. The molecule has 4 aromatic rings. The number of carbonyl (C=O) groups excluding carboxylic acids is 2. The maximum absolute atomic E-state index is 11.7. The fraction of sp³-hybridized carbons (Fsp3) is 0.125. The zero-order chi connectivity index (χ0) is 19.3. The second kappa shape index (κ2) is 7.57. The summed E-state index contributed by atoms with van der Waals surface area (Å²) < 4.78 is 9.61. The molecule has 0 spiro atoms. The van der Waals surface area contributed by atoms with Crippen molar-refractivity contribution < 1.29 is 28.7 Å². The number of hydrogen-bond acceptors (Lipinski definition) is 10. The molecule has 4 rings (SSSR count). The number of fused-ring (bicyclic) bond motifs is 2. The molecule has 0 unspecified atom stereocenters. The molecule has 0 aliphatic heterocycles. The molecule has 0 bridgehead atoms. The van der Waals surface area contributed by atoms with Crippen LogP contribution in [0.4, 0.5) is 9.59 Å². The van der Waals surface area contributed by atoms with Gasteiger partial charge in [-0.1, -0.05) is 34.0 Å². The van der Waals surface area contributed by atoms with E-state index in [4.69, 9.17) is 19.1 Å². The third-order valence-corrected chi connectivity index (χ3v) is 3.49. The molecule has 0 amide bonds. The Kier molecular flexibility index (Phi) is 4.65. The van der Waals surface area contributed by atoms with Gasteiger partial charge in [-0.2, -0.15) is 0 Å². The van der Waals surface area contributed by atoms with Gasteiger partial charge in [0, 0.05) is 0 Å². The molecule has 0 atom stereocenters. The molecule has 12 nitrogen and oxygen atoms in total. The molecule has 0 N–H and O–H groups in total. The third kappa shape index (κ3) is 3.65. The highest BCUT2D eigenvalue weighted by molar-refractivity contribution is 5.75. The minimum Gasteiger partial charge on any atom is -0.429 e. The first-order valence-corrected chi connectivity index (χ1v) is 8.02. The van der Waals surface area contributed by atoms with Gasteiger partial charge in [0.1, 0.15) is 35.3 Å². The standard InChI is InChI=1S/C16H12N6O6/c23-15(27-21-13-7-3-1-5-11(13)17-19-21)25-9-10-26-16(24)28-22-14-8-4-2-6-12(14)18-20-22/h1-8H,9-10H2. The Morgan fingerprint density at radius 2 is 1.14 bits per heavy atom. The summed E-state index contributed by atoms with van der Waals surface area (Å²) in [7, 11) is 0. The second-order valence-electron chi connectivity index (χ2n) is 5.28. The highest BCUT2D eigenvalue weighted by Gasteiger charge is 2.13. The number of benzene rings is 2. The first kappa shape index (κ1) is 17.2. The van der Waals surface area contributed by atoms with E-state index in [1.54, 1.807) is 48.5 Å². The van der Waals surface area contributed by atoms with Crippen molar-refractivity contribution in [3.8, 4) is 0 Å². The number of aromatic nitrogens is 6. The molecule has 12 heteroatoms. The van der Waals surface area contributed by atoms with E-state index in [0.717, 1.165) is 9.69 Å². The van der Waals surface area contributed by atoms with Crippen LogP contribution in [0.1, 0.15) is 0 Å². The largest absolute Gasteiger partial charge is 0.535 e. The van der Waals surface area contributed by atoms with E-state index < -0.39 is 12.3 Å². The Morgan fingerprint density at radius 1 is 0.714 bits per heavy atom. The van der Waals surface area contributed by atoms with Crippen LogP contribution in [-0.2, 0) is 9.47 Å². The summed E-state index contributed by atoms with van der Waals surface area (Å²) in [6.45, 7) is -0.503. The van der Waals surface area contributed by atoms with Crippen LogP contribution in [0.2, 0.25) is 0 Å². The smallest absolute Gasteiger partial charge is 0.429 e. The van der Waals surface area contributed by atoms with Crippen molar-refractivity contribution in [1.82, 2.24) is 30.3 Å². The normalized spacial score (nSPS) is 10.7. The quantitative estimate of drug-likeness (QED) is 0.279. The average Bonchev–Trinajstić information content (AvgIpc) is 3.30. The molecule has 2 heterocycles. The molecular formula is C16H12N6O6. The Morgan fingerprint density at radius 3 is 1.61 bits per heavy atom. The zero-order valence-electron chi connectivity index (χ0n) is 14.2. The molecular weight excluding hydrogens is 372 g/mol. The van der Waals surface area contributed by atoms with Gasteiger partial charge in [0.25, 0.3) is 0 Å². The zero-order valence-corrected chi connectivity index (χ0v) is 14.2. The predicted molar refractivity (Wildman–Crippen MR) is 90.9 cm³/mol. The topological polar surface area (TPSA) is 132 Å². The average molecular weight is 384 g/mol. The van der Waals surface area contributed by atoms with Crippen LogP contribution in [-0.4, -0.2) is 55.8 Å². The fourth-order valence-electron chi connectivity index (χ4n) is 2.27. The van der Waals surface area contributed by atoms with Crippen LogP contribution < -0.4 is 9.68 Å². The van der Waals surface area contributed by atoms with Gasteiger partial charge < -0.3 is 9.47 Å². The van der Waals surface area contributed by atoms with Gasteiger partial charge in [0.15, 0.2) is 0 Å². The van der Waals surface area contributed by atoms with E-state index >= 15 is 0 Å². The van der Waals surface area contributed by atoms with Crippen molar-refractivity contribution in [3.05, 3.63) is 48.5 Å². The fourth-order valence-corrected chi connectivity index (χ4v) is 2.27. The highest BCUT2D eigenvalue weighted by Crippen LogP contribution is 2.09. The van der Waals surface area contributed by atoms with Crippen molar-refractivity contribution in [3.63, 3.8) is 0 Å². The van der Waals surface area contributed by atoms with Crippen molar-refractivity contribution in [2.24, 2.45) is 0 Å². The molecule has 0 aliphatic carbocycles. The van der Waals surface area contributed by atoms with Crippen molar-refractivity contribution in [2.75, 3.05) is 13.2 Å². The van der Waals surface area contributed by atoms with Gasteiger partial charge in [0.05, 0.1) is 0 Å². The molecule has 0 aliphatic rings. The van der Waals surface area contributed by atoms with Crippen LogP contribution in [0.3, 0.4) is 0 Å². The monoisotopic (exact) mass is 384 g/mol. The second-order valence-corrected chi connectivity index (χ2v) is 5.28. The Labute approximate surface area is 156 Å². The summed E-state index contributed by atoms with van der Waals surface area (Å²) >= 11 is 0. The highest BCUT2D eigenvalue weighted by atomic mass is 16.8. The van der Waals surface area contributed by atoms with E-state index in [-0.39, 0.29) is 13.2 Å². The van der Waals surface area contributed by atoms with Gasteiger partial charge in [-0.05, 0) is 34.7 Å². The van der Waals surface area contributed by atoms with Crippen LogP contribution in [0.15, 0.2) is 48.5 Å². The Bertz CT molecular complexity index is 1050. The molecule has 0 saturated heterocycles. The van der Waals surface area contributed by atoms with E-state index in [2.05, 4.69) is 20.6 Å². The number of nitrogens with zero attached hydrogens (tertiary/aromatic N) is 6. The van der Waals surface area contributed by atoms with E-state index in [0.29, 0.717) is 22.1 Å². The number of hydrogen-bond donors (Lipinski definition) is 0. The van der Waals surface area contributed by atoms with Gasteiger partial charge in [-0.15, -0.1) is 10.2 Å². The molecule has 2 aromatic carbocycles. The van der Waals surface area contributed by atoms with Gasteiger partial charge >= 0.3 is 12.3 Å². The Balaban J connectivity index is 1.22. The van der Waals surface area contributed by atoms with E-state index in [9.17, 15) is 9.59 Å². The van der Waals surface area contributed by atoms with Crippen molar-refractivity contribution in [1.29, 1.82) is 0 Å². The predicted octanol–water partition coefficient (Wildman–Crippen LogP) is 1.01. The lowest BCUT2D eigenvalue weighted by atomic mass is 10.3. The summed E-state index contributed by atoms with van der Waals surface area (Å²) in [5, 5.41) is 15.0. The van der Waals surface area contributed by atoms with Crippen LogP contribution in [0.25, 0.3) is 22.1 Å². The van der Waals surface area contributed by atoms with E-state index in [1.807, 2.05) is 0 Å². The maximum Gasteiger partial charge on any atom is 0.535 e. The summed E-state index contributed by atoms with van der Waals surface area (Å²) in [6.07, 6.45) is -2.07. The molecule has 0 radical (unpaired) electrons. The number of carbonyl (C=O) groups is 2. The van der Waals surface area contributed by atoms with Crippen molar-refractivity contribution in [2.45, 2.75) is 0 Å². The third-order valence-electron chi connectivity index (χ3n) is 3.49. The van der Waals surface area contributed by atoms with Gasteiger partial charge in [0.2, 0.25) is 0 Å². The molecule has 28 heavy (non-hydrogen) atoms. The number of rotatable bonds is 5. The minimum absolute atomic E-state index is 0.251. The lowest BCUT2D eigenvalue weighted by Gasteiger charge is -2.06. The lowest BCUT2D eigenvalue weighted by molar-refractivity contribution is 0.00669. The SMILES string of the molecule is O=C(OCCOC(=O)On1nnc2ccccc21)On1nnc2ccccc21. The first-order valence-electron chi connectivity index (χ1n) is 8.02. The van der Waals surface area contributed by atoms with E-state index in [1.165, 1.54) is 0 Å². The first-order chi connectivity index (χ1) is 13.7. The van der Waals surface area contributed by atoms with Crippen LogP contribution in [0, 0.1) is 0 Å². The lowest BCUT2D eigenvalue weighted by Crippen LogP contribution is -2.26.